The van der Waals surface area contributed by atoms with Crippen molar-refractivity contribution in [2.75, 3.05) is 31.5 Å². The summed E-state index contributed by atoms with van der Waals surface area (Å²) in [6, 6.07) is 1.50. The lowest BCUT2D eigenvalue weighted by atomic mass is 10.1. The topological polar surface area (TPSA) is 91.3 Å². The molecule has 0 atom stereocenters. The Labute approximate surface area is 136 Å². The predicted molar refractivity (Wildman–Crippen MR) is 88.4 cm³/mol. The van der Waals surface area contributed by atoms with Gasteiger partial charge in [-0.25, -0.2) is 14.3 Å². The molecule has 0 spiro atoms. The quantitative estimate of drug-likeness (QED) is 0.708. The number of nitrogens with zero attached hydrogens (tertiary/aromatic N) is 3. The van der Waals surface area contributed by atoms with Crippen LogP contribution in [0.1, 0.15) is 26.0 Å². The van der Waals surface area contributed by atoms with E-state index in [0.29, 0.717) is 37.9 Å². The largest absolute Gasteiger partial charge is 0.336 e. The molecule has 23 heavy (non-hydrogen) atoms. The van der Waals surface area contributed by atoms with Gasteiger partial charge in [0, 0.05) is 38.8 Å². The fourth-order valence-corrected chi connectivity index (χ4v) is 2.39. The van der Waals surface area contributed by atoms with Crippen LogP contribution in [0, 0.1) is 12.8 Å². The molecule has 4 amide bonds. The average Bonchev–Trinajstić information content (AvgIpc) is 3.03. The Hall–Kier alpha value is -2.25. The lowest BCUT2D eigenvalue weighted by Crippen LogP contribution is -2.38. The van der Waals surface area contributed by atoms with E-state index in [-0.39, 0.29) is 12.1 Å². The van der Waals surface area contributed by atoms with Gasteiger partial charge in [-0.2, -0.15) is 5.10 Å². The van der Waals surface area contributed by atoms with Crippen molar-refractivity contribution in [3.05, 3.63) is 11.8 Å². The molecule has 128 valence electrons. The number of nitrogens with one attached hydrogen (secondary N) is 3. The maximum atomic E-state index is 12.0. The third-order valence-electron chi connectivity index (χ3n) is 3.67. The van der Waals surface area contributed by atoms with Gasteiger partial charge in [0.15, 0.2) is 0 Å². The standard InChI is InChI=1S/C15H26N6O2/c1-11(2)4-7-21-13(10-12(3)19-21)18-14(22)16-5-8-20-9-6-17-15(20)23/h10-11H,4-9H2,1-3H3,(H,17,23)(H2,16,18,22). The average molecular weight is 322 g/mol. The molecule has 1 aliphatic rings. The number of rotatable bonds is 7. The molecular weight excluding hydrogens is 296 g/mol. The highest BCUT2D eigenvalue weighted by atomic mass is 16.2. The molecular formula is C15H26N6O2. The monoisotopic (exact) mass is 322 g/mol. The number of carbonyl (C=O) groups is 2. The van der Waals surface area contributed by atoms with Gasteiger partial charge in [0.25, 0.3) is 0 Å². The Morgan fingerprint density at radius 2 is 2.22 bits per heavy atom. The van der Waals surface area contributed by atoms with E-state index < -0.39 is 0 Å². The van der Waals surface area contributed by atoms with E-state index in [1.807, 2.05) is 17.7 Å². The molecule has 1 aliphatic heterocycles. The fraction of sp³-hybridized carbons (Fsp3) is 0.667. The summed E-state index contributed by atoms with van der Waals surface area (Å²) in [4.78, 5) is 25.1. The Kier molecular flexibility index (Phi) is 5.84. The van der Waals surface area contributed by atoms with Crippen LogP contribution < -0.4 is 16.0 Å². The second-order valence-electron chi connectivity index (χ2n) is 6.18. The van der Waals surface area contributed by atoms with Crippen molar-refractivity contribution in [3.63, 3.8) is 0 Å². The maximum Gasteiger partial charge on any atom is 0.320 e. The predicted octanol–water partition coefficient (Wildman–Crippen LogP) is 1.38. The summed E-state index contributed by atoms with van der Waals surface area (Å²) in [5.74, 6) is 1.27. The molecule has 1 fully saturated rings. The Morgan fingerprint density at radius 3 is 2.87 bits per heavy atom. The molecule has 2 heterocycles. The molecule has 0 aliphatic carbocycles. The van der Waals surface area contributed by atoms with Gasteiger partial charge in [0.2, 0.25) is 0 Å². The van der Waals surface area contributed by atoms with E-state index in [0.717, 1.165) is 18.7 Å². The van der Waals surface area contributed by atoms with E-state index in [9.17, 15) is 9.59 Å². The third-order valence-corrected chi connectivity index (χ3v) is 3.67. The maximum absolute atomic E-state index is 12.0. The number of carbonyl (C=O) groups excluding carboxylic acids is 2. The van der Waals surface area contributed by atoms with Crippen molar-refractivity contribution in [1.29, 1.82) is 0 Å². The third kappa shape index (κ3) is 5.15. The van der Waals surface area contributed by atoms with Crippen molar-refractivity contribution in [3.8, 4) is 0 Å². The summed E-state index contributed by atoms with van der Waals surface area (Å²) >= 11 is 0. The highest BCUT2D eigenvalue weighted by Gasteiger charge is 2.18. The minimum atomic E-state index is -0.282. The van der Waals surface area contributed by atoms with Crippen molar-refractivity contribution in [1.82, 2.24) is 25.3 Å². The van der Waals surface area contributed by atoms with Gasteiger partial charge in [0.05, 0.1) is 5.69 Å². The van der Waals surface area contributed by atoms with Crippen molar-refractivity contribution in [2.24, 2.45) is 5.92 Å². The molecule has 3 N–H and O–H groups in total. The lowest BCUT2D eigenvalue weighted by Gasteiger charge is -2.15. The van der Waals surface area contributed by atoms with E-state index in [1.165, 1.54) is 0 Å². The summed E-state index contributed by atoms with van der Waals surface area (Å²) in [5.41, 5.74) is 0.873. The van der Waals surface area contributed by atoms with Crippen LogP contribution in [0.15, 0.2) is 6.07 Å². The van der Waals surface area contributed by atoms with Gasteiger partial charge >= 0.3 is 12.1 Å². The molecule has 0 radical (unpaired) electrons. The zero-order valence-electron chi connectivity index (χ0n) is 14.1. The van der Waals surface area contributed by atoms with Gasteiger partial charge in [0.1, 0.15) is 5.82 Å². The molecule has 8 nitrogen and oxygen atoms in total. The Morgan fingerprint density at radius 1 is 1.43 bits per heavy atom. The fourth-order valence-electron chi connectivity index (χ4n) is 2.39. The van der Waals surface area contributed by atoms with Gasteiger partial charge in [-0.15, -0.1) is 0 Å². The van der Waals surface area contributed by atoms with Crippen LogP contribution in [0.2, 0.25) is 0 Å². The summed E-state index contributed by atoms with van der Waals surface area (Å²) in [6.45, 7) is 9.26. The van der Waals surface area contributed by atoms with Crippen LogP contribution in [-0.4, -0.2) is 52.9 Å². The van der Waals surface area contributed by atoms with E-state index in [1.54, 1.807) is 4.90 Å². The van der Waals surface area contributed by atoms with E-state index >= 15 is 0 Å². The number of hydrogen-bond donors (Lipinski definition) is 3. The number of amides is 4. The molecule has 1 saturated heterocycles. The first-order valence-electron chi connectivity index (χ1n) is 8.08. The Bertz CT molecular complexity index is 554. The molecule has 8 heteroatoms. The first-order valence-corrected chi connectivity index (χ1v) is 8.08. The molecule has 0 aromatic carbocycles. The number of anilines is 1. The van der Waals surface area contributed by atoms with Crippen LogP contribution in [0.25, 0.3) is 0 Å². The highest BCUT2D eigenvalue weighted by molar-refractivity contribution is 5.88. The molecule has 1 aromatic rings. The molecule has 2 rings (SSSR count). The SMILES string of the molecule is Cc1cc(NC(=O)NCCN2CCNC2=O)n(CCC(C)C)n1. The van der Waals surface area contributed by atoms with Crippen molar-refractivity contribution < 1.29 is 9.59 Å². The molecule has 0 bridgehead atoms. The van der Waals surface area contributed by atoms with Gasteiger partial charge < -0.3 is 15.5 Å². The summed E-state index contributed by atoms with van der Waals surface area (Å²) in [7, 11) is 0. The smallest absolute Gasteiger partial charge is 0.320 e. The second kappa shape index (κ2) is 7.85. The van der Waals surface area contributed by atoms with E-state index in [2.05, 4.69) is 34.9 Å². The van der Waals surface area contributed by atoms with Crippen molar-refractivity contribution in [2.45, 2.75) is 33.7 Å². The van der Waals surface area contributed by atoms with Crippen LogP contribution in [0.5, 0.6) is 0 Å². The second-order valence-corrected chi connectivity index (χ2v) is 6.18. The van der Waals surface area contributed by atoms with E-state index in [4.69, 9.17) is 0 Å². The number of aryl methyl sites for hydroxylation is 2. The van der Waals surface area contributed by atoms with Crippen LogP contribution >= 0.6 is 0 Å². The molecule has 0 unspecified atom stereocenters. The molecule has 1 aromatic heterocycles. The highest BCUT2D eigenvalue weighted by Crippen LogP contribution is 2.12. The lowest BCUT2D eigenvalue weighted by molar-refractivity contribution is 0.216. The number of urea groups is 2. The summed E-state index contributed by atoms with van der Waals surface area (Å²) in [6.07, 6.45) is 1.00. The molecule has 0 saturated carbocycles. The normalized spacial score (nSPS) is 14.3. The Balaban J connectivity index is 1.79. The number of aromatic nitrogens is 2. The first-order chi connectivity index (χ1) is 11.0. The van der Waals surface area contributed by atoms with Gasteiger partial charge in [-0.3, -0.25) is 5.32 Å². The van der Waals surface area contributed by atoms with Crippen molar-refractivity contribution >= 4 is 17.9 Å². The van der Waals surface area contributed by atoms with Gasteiger partial charge in [-0.1, -0.05) is 13.8 Å². The summed E-state index contributed by atoms with van der Waals surface area (Å²) in [5, 5.41) is 12.7. The minimum absolute atomic E-state index is 0.0744. The number of hydrogen-bond acceptors (Lipinski definition) is 3. The zero-order valence-corrected chi connectivity index (χ0v) is 14.1. The van der Waals surface area contributed by atoms with Crippen LogP contribution in [-0.2, 0) is 6.54 Å². The zero-order chi connectivity index (χ0) is 16.8. The first kappa shape index (κ1) is 17.1. The minimum Gasteiger partial charge on any atom is -0.336 e. The van der Waals surface area contributed by atoms with Crippen LogP contribution in [0.3, 0.4) is 0 Å². The van der Waals surface area contributed by atoms with Crippen LogP contribution in [0.4, 0.5) is 15.4 Å². The summed E-state index contributed by atoms with van der Waals surface area (Å²) < 4.78 is 1.82. The van der Waals surface area contributed by atoms with Gasteiger partial charge in [-0.05, 0) is 19.3 Å².